The van der Waals surface area contributed by atoms with Gasteiger partial charge in [0.2, 0.25) is 0 Å². The second-order valence-corrected chi connectivity index (χ2v) is 4.87. The van der Waals surface area contributed by atoms with Crippen molar-refractivity contribution in [2.45, 2.75) is 0 Å². The molecule has 3 rings (SSSR count). The Morgan fingerprint density at radius 2 is 1.87 bits per heavy atom. The number of imide groups is 1. The third kappa shape index (κ3) is 2.08. The lowest BCUT2D eigenvalue weighted by Gasteiger charge is -2.14. The Kier molecular flexibility index (Phi) is 3.21. The minimum atomic E-state index is -0.673. The molecule has 0 bridgehead atoms. The van der Waals surface area contributed by atoms with Gasteiger partial charge < -0.3 is 11.1 Å². The number of nitrogen functional groups attached to an aromatic ring is 1. The molecule has 1 aliphatic rings. The number of carbonyl (C=O) groups is 3. The Labute approximate surface area is 129 Å². The summed E-state index contributed by atoms with van der Waals surface area (Å²) < 4.78 is 1.04. The highest BCUT2D eigenvalue weighted by atomic mass is 16.2. The van der Waals surface area contributed by atoms with Crippen LogP contribution in [0.1, 0.15) is 31.1 Å². The van der Waals surface area contributed by atoms with Gasteiger partial charge in [-0.3, -0.25) is 29.1 Å². The van der Waals surface area contributed by atoms with Crippen LogP contribution in [-0.2, 0) is 0 Å². The maximum Gasteiger partial charge on any atom is 0.262 e. The number of nitrogens with one attached hydrogen (secondary N) is 2. The van der Waals surface area contributed by atoms with E-state index in [1.54, 1.807) is 12.1 Å². The molecule has 0 unspecified atom stereocenters. The van der Waals surface area contributed by atoms with Crippen LogP contribution in [-0.4, -0.2) is 29.3 Å². The van der Waals surface area contributed by atoms with Crippen LogP contribution in [0.3, 0.4) is 0 Å². The summed E-state index contributed by atoms with van der Waals surface area (Å²) in [4.78, 5) is 47.9. The Bertz CT molecular complexity index is 930. The first kappa shape index (κ1) is 14.5. The zero-order valence-corrected chi connectivity index (χ0v) is 12.0. The molecule has 2 aromatic rings. The predicted molar refractivity (Wildman–Crippen MR) is 81.6 cm³/mol. The fraction of sp³-hybridized carbons (Fsp3) is 0.0667. The molecule has 0 fully saturated rings. The Balaban J connectivity index is 2.34. The zero-order valence-electron chi connectivity index (χ0n) is 12.0. The summed E-state index contributed by atoms with van der Waals surface area (Å²) in [5.74, 6) is -1.94. The molecule has 0 radical (unpaired) electrons. The van der Waals surface area contributed by atoms with E-state index >= 15 is 0 Å². The number of nitrogens with zero attached hydrogens (tertiary/aromatic N) is 1. The summed E-state index contributed by atoms with van der Waals surface area (Å²) in [5, 5.41) is 4.56. The number of benzene rings is 1. The highest BCUT2D eigenvalue weighted by Gasteiger charge is 2.32. The molecule has 0 saturated heterocycles. The van der Waals surface area contributed by atoms with Gasteiger partial charge in [0, 0.05) is 13.1 Å². The average molecular weight is 312 g/mol. The number of pyridine rings is 1. The van der Waals surface area contributed by atoms with E-state index in [2.05, 4.69) is 10.6 Å². The fourth-order valence-corrected chi connectivity index (χ4v) is 2.52. The number of rotatable bonds is 2. The van der Waals surface area contributed by atoms with Crippen LogP contribution in [0.5, 0.6) is 0 Å². The first-order valence-electron chi connectivity index (χ1n) is 6.68. The largest absolute Gasteiger partial charge is 0.384 e. The lowest BCUT2D eigenvalue weighted by Crippen LogP contribution is -2.27. The molecule has 0 atom stereocenters. The Morgan fingerprint density at radius 1 is 1.17 bits per heavy atom. The van der Waals surface area contributed by atoms with Gasteiger partial charge in [-0.25, -0.2) is 0 Å². The third-order valence-corrected chi connectivity index (χ3v) is 3.57. The van der Waals surface area contributed by atoms with Crippen molar-refractivity contribution in [3.63, 3.8) is 0 Å². The molecule has 8 heteroatoms. The van der Waals surface area contributed by atoms with E-state index in [1.165, 1.54) is 19.2 Å². The van der Waals surface area contributed by atoms with Crippen molar-refractivity contribution in [1.82, 2.24) is 15.2 Å². The summed E-state index contributed by atoms with van der Waals surface area (Å²) in [7, 11) is 1.46. The van der Waals surface area contributed by atoms with Crippen LogP contribution in [0.25, 0.3) is 5.69 Å². The molecule has 1 aromatic carbocycles. The first-order chi connectivity index (χ1) is 11.0. The van der Waals surface area contributed by atoms with E-state index in [0.29, 0.717) is 0 Å². The fourth-order valence-electron chi connectivity index (χ4n) is 2.52. The summed E-state index contributed by atoms with van der Waals surface area (Å²) in [5.41, 5.74) is 5.65. The number of anilines is 1. The van der Waals surface area contributed by atoms with Gasteiger partial charge in [-0.15, -0.1) is 0 Å². The lowest BCUT2D eigenvalue weighted by atomic mass is 10.1. The molecular weight excluding hydrogens is 300 g/mol. The Hall–Kier alpha value is -3.42. The average Bonchev–Trinajstić information content (AvgIpc) is 2.81. The maximum atomic E-state index is 12.4. The van der Waals surface area contributed by atoms with Gasteiger partial charge >= 0.3 is 0 Å². The SMILES string of the molecule is CNC(=O)c1ccccc1-n1c(N)c2c(cc1=O)C(=O)NC2=O. The second kappa shape index (κ2) is 5.09. The van der Waals surface area contributed by atoms with Crippen molar-refractivity contribution in [2.24, 2.45) is 0 Å². The van der Waals surface area contributed by atoms with E-state index in [0.717, 1.165) is 10.6 Å². The van der Waals surface area contributed by atoms with Crippen LogP contribution >= 0.6 is 0 Å². The van der Waals surface area contributed by atoms with Crippen LogP contribution in [0.4, 0.5) is 5.82 Å². The number of nitrogens with two attached hydrogens (primary N) is 1. The predicted octanol–water partition coefficient (Wildman–Crippen LogP) is -0.337. The van der Waals surface area contributed by atoms with Crippen LogP contribution in [0, 0.1) is 0 Å². The van der Waals surface area contributed by atoms with Gasteiger partial charge in [0.1, 0.15) is 5.82 Å². The first-order valence-corrected chi connectivity index (χ1v) is 6.68. The van der Waals surface area contributed by atoms with E-state index in [1.807, 2.05) is 0 Å². The topological polar surface area (TPSA) is 123 Å². The molecule has 0 aliphatic carbocycles. The van der Waals surface area contributed by atoms with Gasteiger partial charge in [0.25, 0.3) is 23.3 Å². The summed E-state index contributed by atoms with van der Waals surface area (Å²) in [6.07, 6.45) is 0. The lowest BCUT2D eigenvalue weighted by molar-refractivity contribution is 0.0878. The van der Waals surface area contributed by atoms with Gasteiger partial charge in [0.05, 0.1) is 22.4 Å². The molecule has 1 aromatic heterocycles. The van der Waals surface area contributed by atoms with Crippen LogP contribution in [0.15, 0.2) is 35.1 Å². The van der Waals surface area contributed by atoms with Gasteiger partial charge in [0.15, 0.2) is 0 Å². The quantitative estimate of drug-likeness (QED) is 0.655. The number of hydrogen-bond donors (Lipinski definition) is 3. The smallest absolute Gasteiger partial charge is 0.262 e. The molecule has 2 heterocycles. The normalized spacial score (nSPS) is 12.7. The van der Waals surface area contributed by atoms with Crippen molar-refractivity contribution < 1.29 is 14.4 Å². The minimum absolute atomic E-state index is 0.0637. The van der Waals surface area contributed by atoms with Crippen LogP contribution in [0.2, 0.25) is 0 Å². The number of amides is 3. The molecule has 1 aliphatic heterocycles. The highest BCUT2D eigenvalue weighted by Crippen LogP contribution is 2.24. The number of fused-ring (bicyclic) bond motifs is 1. The van der Waals surface area contributed by atoms with Gasteiger partial charge in [-0.05, 0) is 12.1 Å². The van der Waals surface area contributed by atoms with Crippen molar-refractivity contribution in [1.29, 1.82) is 0 Å². The number of aromatic nitrogens is 1. The van der Waals surface area contributed by atoms with E-state index in [-0.39, 0.29) is 28.2 Å². The second-order valence-electron chi connectivity index (χ2n) is 4.87. The molecule has 0 saturated carbocycles. The van der Waals surface area contributed by atoms with Crippen molar-refractivity contribution in [2.75, 3.05) is 12.8 Å². The molecule has 116 valence electrons. The van der Waals surface area contributed by atoms with Crippen LogP contribution < -0.4 is 21.9 Å². The zero-order chi connectivity index (χ0) is 16.7. The van der Waals surface area contributed by atoms with E-state index in [9.17, 15) is 19.2 Å². The third-order valence-electron chi connectivity index (χ3n) is 3.57. The van der Waals surface area contributed by atoms with E-state index in [4.69, 9.17) is 5.73 Å². The number of carbonyl (C=O) groups excluding carboxylic acids is 3. The van der Waals surface area contributed by atoms with E-state index < -0.39 is 23.3 Å². The summed E-state index contributed by atoms with van der Waals surface area (Å²) >= 11 is 0. The molecule has 8 nitrogen and oxygen atoms in total. The maximum absolute atomic E-state index is 12.4. The standard InChI is InChI=1S/C15H12N4O4/c1-17-13(21)7-4-2-3-5-9(7)19-10(20)6-8-11(12(19)16)15(23)18-14(8)22/h2-6H,16H2,1H3,(H,17,21)(H,18,22,23). The number of para-hydroxylation sites is 1. The number of hydrogen-bond acceptors (Lipinski definition) is 5. The van der Waals surface area contributed by atoms with Crippen molar-refractivity contribution in [3.05, 3.63) is 57.4 Å². The Morgan fingerprint density at radius 3 is 2.57 bits per heavy atom. The highest BCUT2D eigenvalue weighted by molar-refractivity contribution is 6.23. The van der Waals surface area contributed by atoms with Gasteiger partial charge in [-0.2, -0.15) is 0 Å². The van der Waals surface area contributed by atoms with Crippen molar-refractivity contribution >= 4 is 23.5 Å². The van der Waals surface area contributed by atoms with Crippen molar-refractivity contribution in [3.8, 4) is 5.69 Å². The minimum Gasteiger partial charge on any atom is -0.384 e. The van der Waals surface area contributed by atoms with Gasteiger partial charge in [-0.1, -0.05) is 12.1 Å². The summed E-state index contributed by atoms with van der Waals surface area (Å²) in [6.45, 7) is 0. The molecule has 4 N–H and O–H groups in total. The molecule has 23 heavy (non-hydrogen) atoms. The molecule has 3 amide bonds. The monoisotopic (exact) mass is 312 g/mol. The molecule has 0 spiro atoms. The summed E-state index contributed by atoms with van der Waals surface area (Å²) in [6, 6.07) is 7.36. The molecular formula is C15H12N4O4.